The van der Waals surface area contributed by atoms with Crippen LogP contribution in [0, 0.1) is 0 Å². The Morgan fingerprint density at radius 2 is 1.16 bits per heavy atom. The van der Waals surface area contributed by atoms with E-state index in [9.17, 15) is 19.2 Å². The average molecular weight is 680 g/mol. The molecule has 0 fully saturated rings. The molecular formula is C42H37N3O6. The predicted molar refractivity (Wildman–Crippen MR) is 200 cm³/mol. The first kappa shape index (κ1) is 35.8. The SMILES string of the molecule is C=C(C)C(=O)Cc1ccc(N(c2ccc(/C(C)=N\OC(C)=O)cc2)c2ccc(C(=O)c3ccccc3)c3cc(/C(C)=N/OC(C)=O)ccc23)cc1. The summed E-state index contributed by atoms with van der Waals surface area (Å²) in [6.45, 7) is 11.5. The molecule has 0 saturated heterocycles. The fourth-order valence-electron chi connectivity index (χ4n) is 5.44. The number of carbonyl (C=O) groups is 4. The molecule has 0 spiro atoms. The normalized spacial score (nSPS) is 11.5. The van der Waals surface area contributed by atoms with E-state index >= 15 is 0 Å². The number of fused-ring (bicyclic) bond motifs is 1. The van der Waals surface area contributed by atoms with Crippen molar-refractivity contribution in [2.24, 2.45) is 10.3 Å². The molecule has 9 heteroatoms. The zero-order valence-corrected chi connectivity index (χ0v) is 29.1. The molecule has 0 unspecified atom stereocenters. The lowest BCUT2D eigenvalue weighted by Crippen LogP contribution is -2.13. The van der Waals surface area contributed by atoms with Gasteiger partial charge in [0.05, 0.1) is 17.1 Å². The van der Waals surface area contributed by atoms with Gasteiger partial charge < -0.3 is 14.6 Å². The van der Waals surface area contributed by atoms with Crippen LogP contribution in [0.25, 0.3) is 10.8 Å². The molecule has 0 radical (unpaired) electrons. The first-order valence-corrected chi connectivity index (χ1v) is 16.2. The molecule has 0 bridgehead atoms. The van der Waals surface area contributed by atoms with Crippen LogP contribution in [-0.2, 0) is 30.5 Å². The van der Waals surface area contributed by atoms with Crippen molar-refractivity contribution in [1.82, 2.24) is 0 Å². The predicted octanol–water partition coefficient (Wildman–Crippen LogP) is 8.80. The van der Waals surface area contributed by atoms with Crippen LogP contribution in [0.3, 0.4) is 0 Å². The number of oxime groups is 2. The van der Waals surface area contributed by atoms with Gasteiger partial charge in [-0.15, -0.1) is 0 Å². The summed E-state index contributed by atoms with van der Waals surface area (Å²) in [6, 6.07) is 33.8. The number of benzene rings is 5. The number of hydrogen-bond acceptors (Lipinski definition) is 9. The third-order valence-electron chi connectivity index (χ3n) is 8.13. The van der Waals surface area contributed by atoms with Crippen molar-refractivity contribution in [3.63, 3.8) is 0 Å². The van der Waals surface area contributed by atoms with Gasteiger partial charge in [-0.05, 0) is 90.9 Å². The van der Waals surface area contributed by atoms with Crippen LogP contribution in [0.4, 0.5) is 17.1 Å². The fourth-order valence-corrected chi connectivity index (χ4v) is 5.44. The zero-order chi connectivity index (χ0) is 36.7. The van der Waals surface area contributed by atoms with Crippen LogP contribution < -0.4 is 4.90 Å². The Balaban J connectivity index is 1.71. The lowest BCUT2D eigenvalue weighted by atomic mass is 9.93. The smallest absolute Gasteiger partial charge is 0.318 e. The van der Waals surface area contributed by atoms with Gasteiger partial charge in [-0.3, -0.25) is 9.59 Å². The summed E-state index contributed by atoms with van der Waals surface area (Å²) in [4.78, 5) is 61.0. The van der Waals surface area contributed by atoms with Gasteiger partial charge in [-0.1, -0.05) is 83.6 Å². The van der Waals surface area contributed by atoms with Crippen LogP contribution in [0.1, 0.15) is 67.2 Å². The van der Waals surface area contributed by atoms with Crippen LogP contribution in [0.2, 0.25) is 0 Å². The van der Waals surface area contributed by atoms with Crippen LogP contribution in [-0.4, -0.2) is 34.9 Å². The van der Waals surface area contributed by atoms with E-state index in [2.05, 4.69) is 21.8 Å². The van der Waals surface area contributed by atoms with Crippen LogP contribution in [0.15, 0.2) is 132 Å². The van der Waals surface area contributed by atoms with Crippen molar-refractivity contribution in [3.8, 4) is 0 Å². The van der Waals surface area contributed by atoms with E-state index in [0.29, 0.717) is 39.1 Å². The third kappa shape index (κ3) is 8.58. The highest BCUT2D eigenvalue weighted by Crippen LogP contribution is 2.41. The van der Waals surface area contributed by atoms with Crippen molar-refractivity contribution >= 4 is 62.8 Å². The number of ketones is 2. The lowest BCUT2D eigenvalue weighted by Gasteiger charge is -2.28. The molecule has 0 saturated carbocycles. The topological polar surface area (TPSA) is 115 Å². The summed E-state index contributed by atoms with van der Waals surface area (Å²) in [5.74, 6) is -1.23. The molecular weight excluding hydrogens is 642 g/mol. The van der Waals surface area contributed by atoms with E-state index in [4.69, 9.17) is 9.68 Å². The third-order valence-corrected chi connectivity index (χ3v) is 8.13. The van der Waals surface area contributed by atoms with E-state index in [-0.39, 0.29) is 18.0 Å². The van der Waals surface area contributed by atoms with Crippen molar-refractivity contribution in [3.05, 3.63) is 149 Å². The second kappa shape index (κ2) is 15.8. The summed E-state index contributed by atoms with van der Waals surface area (Å²) in [5, 5.41) is 9.34. The van der Waals surface area contributed by atoms with Gasteiger partial charge in [-0.2, -0.15) is 0 Å². The average Bonchev–Trinajstić information content (AvgIpc) is 3.13. The second-order valence-corrected chi connectivity index (χ2v) is 12.0. The van der Waals surface area contributed by atoms with Gasteiger partial charge in [0.1, 0.15) is 0 Å². The van der Waals surface area contributed by atoms with E-state index in [1.807, 2.05) is 97.1 Å². The van der Waals surface area contributed by atoms with E-state index < -0.39 is 11.9 Å². The Morgan fingerprint density at radius 3 is 1.73 bits per heavy atom. The number of allylic oxidation sites excluding steroid dienone is 1. The zero-order valence-electron chi connectivity index (χ0n) is 29.1. The minimum absolute atomic E-state index is 0.0333. The minimum Gasteiger partial charge on any atom is -0.318 e. The molecule has 0 aliphatic carbocycles. The fraction of sp³-hybridized carbons (Fsp3) is 0.143. The molecule has 5 rings (SSSR count). The molecule has 0 aliphatic heterocycles. The Kier molecular flexibility index (Phi) is 11.1. The number of rotatable bonds is 12. The van der Waals surface area contributed by atoms with Gasteiger partial charge in [0.25, 0.3) is 0 Å². The molecule has 0 aromatic heterocycles. The Labute approximate surface area is 296 Å². The second-order valence-electron chi connectivity index (χ2n) is 12.0. The van der Waals surface area contributed by atoms with Gasteiger partial charge in [0, 0.05) is 48.2 Å². The molecule has 51 heavy (non-hydrogen) atoms. The first-order chi connectivity index (χ1) is 24.4. The summed E-state index contributed by atoms with van der Waals surface area (Å²) < 4.78 is 0. The lowest BCUT2D eigenvalue weighted by molar-refractivity contribution is -0.141. The van der Waals surface area contributed by atoms with Gasteiger partial charge in [0.15, 0.2) is 11.6 Å². The summed E-state index contributed by atoms with van der Waals surface area (Å²) >= 11 is 0. The standard InChI is InChI=1S/C42H37N3O6/c1-26(2)41(48)24-31-12-17-35(18-13-31)45(36-19-14-32(15-20-36)27(3)43-50-29(5)46)40-23-22-38(42(49)33-10-8-7-9-11-33)39-25-34(16-21-37(39)40)28(4)44-51-30(6)47/h7-23,25H,1,24H2,2-6H3/b43-27-,44-28+. The number of carbonyl (C=O) groups excluding carboxylic acids is 4. The van der Waals surface area contributed by atoms with Gasteiger partial charge >= 0.3 is 11.9 Å². The minimum atomic E-state index is -0.540. The number of hydrogen-bond donors (Lipinski definition) is 0. The van der Waals surface area contributed by atoms with Crippen LogP contribution >= 0.6 is 0 Å². The number of Topliss-reactive ketones (excluding diaryl/α,β-unsaturated/α-hetero) is 1. The largest absolute Gasteiger partial charge is 0.331 e. The maximum Gasteiger partial charge on any atom is 0.331 e. The van der Waals surface area contributed by atoms with Crippen molar-refractivity contribution < 1.29 is 28.9 Å². The Hall–Kier alpha value is -6.48. The molecule has 5 aromatic rings. The van der Waals surface area contributed by atoms with E-state index in [1.165, 1.54) is 13.8 Å². The Morgan fingerprint density at radius 1 is 0.608 bits per heavy atom. The quantitative estimate of drug-likeness (QED) is 0.0426. The maximum atomic E-state index is 14.0. The summed E-state index contributed by atoms with van der Waals surface area (Å²) in [6.07, 6.45) is 0.238. The van der Waals surface area contributed by atoms with E-state index in [0.717, 1.165) is 33.6 Å². The highest BCUT2D eigenvalue weighted by molar-refractivity contribution is 6.19. The molecule has 5 aromatic carbocycles. The van der Waals surface area contributed by atoms with Crippen LogP contribution in [0.5, 0.6) is 0 Å². The maximum absolute atomic E-state index is 14.0. The number of anilines is 3. The first-order valence-electron chi connectivity index (χ1n) is 16.2. The van der Waals surface area contributed by atoms with Crippen molar-refractivity contribution in [1.29, 1.82) is 0 Å². The highest BCUT2D eigenvalue weighted by atomic mass is 16.7. The summed E-state index contributed by atoms with van der Waals surface area (Å²) in [5.41, 5.74) is 7.18. The van der Waals surface area contributed by atoms with Gasteiger partial charge in [-0.25, -0.2) is 9.59 Å². The number of nitrogens with zero attached hydrogens (tertiary/aromatic N) is 3. The van der Waals surface area contributed by atoms with E-state index in [1.54, 1.807) is 32.9 Å². The van der Waals surface area contributed by atoms with Crippen molar-refractivity contribution in [2.75, 3.05) is 4.90 Å². The Bertz CT molecular complexity index is 2200. The summed E-state index contributed by atoms with van der Waals surface area (Å²) in [7, 11) is 0. The van der Waals surface area contributed by atoms with Crippen molar-refractivity contribution in [2.45, 2.75) is 41.0 Å². The highest BCUT2D eigenvalue weighted by Gasteiger charge is 2.21. The molecule has 0 atom stereocenters. The molecule has 0 aliphatic rings. The molecule has 0 N–H and O–H groups in total. The molecule has 0 heterocycles. The molecule has 256 valence electrons. The van der Waals surface area contributed by atoms with Gasteiger partial charge in [0.2, 0.25) is 0 Å². The molecule has 0 amide bonds. The monoisotopic (exact) mass is 679 g/mol. The molecule has 9 nitrogen and oxygen atoms in total.